The van der Waals surface area contributed by atoms with Crippen LogP contribution in [-0.4, -0.2) is 66.7 Å². The molecule has 2 fully saturated rings. The molecule has 3 aliphatic heterocycles. The maximum atomic E-state index is 15.3. The Balaban J connectivity index is 1.44. The molecule has 0 radical (unpaired) electrons. The average molecular weight is 446 g/mol. The molecule has 0 bridgehead atoms. The summed E-state index contributed by atoms with van der Waals surface area (Å²) in [7, 11) is 0. The zero-order valence-electron chi connectivity index (χ0n) is 19.0. The van der Waals surface area contributed by atoms with Gasteiger partial charge in [-0.2, -0.15) is 0 Å². The summed E-state index contributed by atoms with van der Waals surface area (Å²) in [4.78, 5) is 40.0. The largest absolute Gasteiger partial charge is 0.459 e. The lowest BCUT2D eigenvalue weighted by Gasteiger charge is -2.40. The molecular formula is C24H32FN3O4. The summed E-state index contributed by atoms with van der Waals surface area (Å²) < 4.78 is 20.6. The van der Waals surface area contributed by atoms with Crippen molar-refractivity contribution in [1.29, 1.82) is 0 Å². The number of carbonyl (C=O) groups excluding carboxylic acids is 3. The lowest BCUT2D eigenvalue weighted by atomic mass is 9.86. The molecule has 0 aromatic heterocycles. The number of ether oxygens (including phenoxy) is 1. The average Bonchev–Trinajstić information content (AvgIpc) is 3.11. The van der Waals surface area contributed by atoms with Gasteiger partial charge in [0.25, 0.3) is 0 Å². The highest BCUT2D eigenvalue weighted by atomic mass is 19.1. The molecule has 3 heterocycles. The molecule has 1 N–H and O–H groups in total. The summed E-state index contributed by atoms with van der Waals surface area (Å²) >= 11 is 0. The molecule has 3 atom stereocenters. The zero-order valence-corrected chi connectivity index (χ0v) is 19.0. The molecule has 0 aliphatic carbocycles. The van der Waals surface area contributed by atoms with Gasteiger partial charge < -0.3 is 9.64 Å². The SMILES string of the molecule is CC(C)(C)OC(=O)CN1CC[C@@H](N2CCc3c([C@H]4CCC(=O)NC4=O)cccc32)[C@@H](F)C1. The van der Waals surface area contributed by atoms with Gasteiger partial charge in [0, 0.05) is 31.7 Å². The van der Waals surface area contributed by atoms with E-state index in [1.54, 1.807) is 0 Å². The van der Waals surface area contributed by atoms with Crippen LogP contribution in [0.3, 0.4) is 0 Å². The van der Waals surface area contributed by atoms with Gasteiger partial charge >= 0.3 is 5.97 Å². The molecule has 8 heteroatoms. The molecule has 32 heavy (non-hydrogen) atoms. The lowest BCUT2D eigenvalue weighted by Crippen LogP contribution is -2.53. The number of anilines is 1. The van der Waals surface area contributed by atoms with Crippen molar-refractivity contribution < 1.29 is 23.5 Å². The van der Waals surface area contributed by atoms with E-state index in [-0.39, 0.29) is 42.8 Å². The van der Waals surface area contributed by atoms with E-state index in [1.165, 1.54) is 0 Å². The second-order valence-electron chi connectivity index (χ2n) is 9.99. The Kier molecular flexibility index (Phi) is 6.25. The normalized spacial score (nSPS) is 26.6. The van der Waals surface area contributed by atoms with Crippen molar-refractivity contribution in [2.45, 2.75) is 70.2 Å². The Labute approximate surface area is 188 Å². The number of piperidine rings is 2. The molecule has 1 aromatic carbocycles. The van der Waals surface area contributed by atoms with Crippen LogP contribution < -0.4 is 10.2 Å². The van der Waals surface area contributed by atoms with Crippen LogP contribution in [0.25, 0.3) is 0 Å². The minimum absolute atomic E-state index is 0.0979. The molecule has 1 aromatic rings. The van der Waals surface area contributed by atoms with Crippen LogP contribution in [0.4, 0.5) is 10.1 Å². The number of carbonyl (C=O) groups is 3. The maximum absolute atomic E-state index is 15.3. The van der Waals surface area contributed by atoms with Crippen molar-refractivity contribution in [2.75, 3.05) is 31.1 Å². The number of amides is 2. The number of imide groups is 1. The van der Waals surface area contributed by atoms with Crippen LogP contribution in [0.15, 0.2) is 18.2 Å². The van der Waals surface area contributed by atoms with E-state index >= 15 is 4.39 Å². The molecular weight excluding hydrogens is 413 g/mol. The van der Waals surface area contributed by atoms with Crippen LogP contribution in [0, 0.1) is 0 Å². The van der Waals surface area contributed by atoms with Crippen LogP contribution in [0.1, 0.15) is 57.1 Å². The molecule has 2 amide bonds. The third-order valence-corrected chi connectivity index (χ3v) is 6.48. The highest BCUT2D eigenvalue weighted by Gasteiger charge is 2.39. The van der Waals surface area contributed by atoms with Gasteiger partial charge in [-0.05, 0) is 57.2 Å². The quantitative estimate of drug-likeness (QED) is 0.566. The fourth-order valence-electron chi connectivity index (χ4n) is 5.15. The summed E-state index contributed by atoms with van der Waals surface area (Å²) in [5.41, 5.74) is 2.47. The molecule has 3 aliphatic rings. The van der Waals surface area contributed by atoms with Crippen LogP contribution in [0.5, 0.6) is 0 Å². The number of alkyl halides is 1. The first-order chi connectivity index (χ1) is 15.1. The third kappa shape index (κ3) is 4.80. The van der Waals surface area contributed by atoms with E-state index in [9.17, 15) is 14.4 Å². The number of nitrogens with one attached hydrogen (secondary N) is 1. The van der Waals surface area contributed by atoms with Gasteiger partial charge in [0.2, 0.25) is 11.8 Å². The Morgan fingerprint density at radius 2 is 1.97 bits per heavy atom. The van der Waals surface area contributed by atoms with E-state index < -0.39 is 11.8 Å². The number of hydrogen-bond donors (Lipinski definition) is 1. The number of benzene rings is 1. The minimum atomic E-state index is -1.09. The van der Waals surface area contributed by atoms with Gasteiger partial charge in [-0.1, -0.05) is 12.1 Å². The standard InChI is InChI=1S/C24H32FN3O4/c1-24(2,3)32-22(30)14-27-11-10-20(18(25)13-27)28-12-9-16-15(5-4-6-19(16)28)17-7-8-21(29)26-23(17)31/h4-6,17-18,20H,7-14H2,1-3H3,(H,26,29,31)/t17-,18+,20-/m1/s1. The summed E-state index contributed by atoms with van der Waals surface area (Å²) in [6.45, 7) is 7.10. The Morgan fingerprint density at radius 3 is 2.66 bits per heavy atom. The van der Waals surface area contributed by atoms with Crippen molar-refractivity contribution in [3.05, 3.63) is 29.3 Å². The van der Waals surface area contributed by atoms with Crippen molar-refractivity contribution in [3.63, 3.8) is 0 Å². The van der Waals surface area contributed by atoms with Gasteiger partial charge in [0.1, 0.15) is 11.8 Å². The predicted octanol–water partition coefficient (Wildman–Crippen LogP) is 2.32. The highest BCUT2D eigenvalue weighted by molar-refractivity contribution is 6.01. The monoisotopic (exact) mass is 445 g/mol. The van der Waals surface area contributed by atoms with E-state index in [4.69, 9.17) is 4.74 Å². The number of halogens is 1. The van der Waals surface area contributed by atoms with Crippen LogP contribution >= 0.6 is 0 Å². The topological polar surface area (TPSA) is 79.0 Å². The molecule has 0 unspecified atom stereocenters. The number of hydrogen-bond acceptors (Lipinski definition) is 6. The molecule has 0 saturated carbocycles. The van der Waals surface area contributed by atoms with Crippen molar-refractivity contribution >= 4 is 23.5 Å². The lowest BCUT2D eigenvalue weighted by molar-refractivity contribution is -0.156. The van der Waals surface area contributed by atoms with Gasteiger partial charge in [0.05, 0.1) is 18.5 Å². The number of esters is 1. The van der Waals surface area contributed by atoms with Gasteiger partial charge in [-0.3, -0.25) is 24.6 Å². The van der Waals surface area contributed by atoms with E-state index in [1.807, 2.05) is 43.9 Å². The van der Waals surface area contributed by atoms with Crippen molar-refractivity contribution in [1.82, 2.24) is 10.2 Å². The molecule has 0 spiro atoms. The second-order valence-corrected chi connectivity index (χ2v) is 9.99. The van der Waals surface area contributed by atoms with Gasteiger partial charge in [0.15, 0.2) is 0 Å². The first-order valence-electron chi connectivity index (χ1n) is 11.4. The van der Waals surface area contributed by atoms with Crippen molar-refractivity contribution in [3.8, 4) is 0 Å². The zero-order chi connectivity index (χ0) is 23.0. The maximum Gasteiger partial charge on any atom is 0.320 e. The number of nitrogens with zero attached hydrogens (tertiary/aromatic N) is 2. The Morgan fingerprint density at radius 1 is 1.19 bits per heavy atom. The van der Waals surface area contributed by atoms with Crippen molar-refractivity contribution in [2.24, 2.45) is 0 Å². The molecule has 7 nitrogen and oxygen atoms in total. The second kappa shape index (κ2) is 8.81. The highest BCUT2D eigenvalue weighted by Crippen LogP contribution is 2.39. The Hall–Kier alpha value is -2.48. The first-order valence-corrected chi connectivity index (χ1v) is 11.4. The summed E-state index contributed by atoms with van der Waals surface area (Å²) in [5.74, 6) is -1.13. The molecule has 4 rings (SSSR count). The number of rotatable bonds is 4. The summed E-state index contributed by atoms with van der Waals surface area (Å²) in [6.07, 6.45) is 1.14. The van der Waals surface area contributed by atoms with E-state index in [0.717, 1.165) is 23.2 Å². The van der Waals surface area contributed by atoms with E-state index in [2.05, 4.69) is 10.2 Å². The van der Waals surface area contributed by atoms with Gasteiger partial charge in [-0.15, -0.1) is 0 Å². The fourth-order valence-corrected chi connectivity index (χ4v) is 5.15. The Bertz CT molecular complexity index is 913. The number of fused-ring (bicyclic) bond motifs is 1. The predicted molar refractivity (Wildman–Crippen MR) is 118 cm³/mol. The fraction of sp³-hybridized carbons (Fsp3) is 0.625. The van der Waals surface area contributed by atoms with Crippen LogP contribution in [0.2, 0.25) is 0 Å². The van der Waals surface area contributed by atoms with E-state index in [0.29, 0.717) is 32.4 Å². The first kappa shape index (κ1) is 22.7. The smallest absolute Gasteiger partial charge is 0.320 e. The minimum Gasteiger partial charge on any atom is -0.459 e. The molecule has 2 saturated heterocycles. The summed E-state index contributed by atoms with van der Waals surface area (Å²) in [6, 6.07) is 5.61. The summed E-state index contributed by atoms with van der Waals surface area (Å²) in [5, 5.41) is 2.44. The van der Waals surface area contributed by atoms with Crippen LogP contribution in [-0.2, 0) is 25.5 Å². The molecule has 174 valence electrons. The number of likely N-dealkylation sites (tertiary alicyclic amines) is 1. The van der Waals surface area contributed by atoms with Gasteiger partial charge in [-0.25, -0.2) is 4.39 Å². The third-order valence-electron chi connectivity index (χ3n) is 6.48.